The predicted octanol–water partition coefficient (Wildman–Crippen LogP) is 1.40. The second kappa shape index (κ2) is 5.21. The zero-order chi connectivity index (χ0) is 9.68. The number of hydrogen-bond donors (Lipinski definition) is 0. The maximum Gasteiger partial charge on any atom is 0.0946 e. The van der Waals surface area contributed by atoms with Gasteiger partial charge in [-0.2, -0.15) is 5.26 Å². The molecule has 0 N–H and O–H groups in total. The van der Waals surface area contributed by atoms with E-state index in [1.54, 1.807) is 0 Å². The number of nitrogens with zero attached hydrogens (tertiary/aromatic N) is 2. The summed E-state index contributed by atoms with van der Waals surface area (Å²) in [6.45, 7) is 3.80. The van der Waals surface area contributed by atoms with Gasteiger partial charge in [0.15, 0.2) is 0 Å². The predicted molar refractivity (Wildman–Crippen MR) is 51.3 cm³/mol. The lowest BCUT2D eigenvalue weighted by atomic mass is 10.1. The Morgan fingerprint density at radius 1 is 1.69 bits per heavy atom. The monoisotopic (exact) mass is 182 g/mol. The largest absolute Gasteiger partial charge is 0.378 e. The van der Waals surface area contributed by atoms with Crippen LogP contribution in [0, 0.1) is 11.3 Å². The Morgan fingerprint density at radius 3 is 3.00 bits per heavy atom. The van der Waals surface area contributed by atoms with E-state index in [1.807, 2.05) is 14.0 Å². The first kappa shape index (κ1) is 10.5. The summed E-state index contributed by atoms with van der Waals surface area (Å²) in [4.78, 5) is 2.07. The molecule has 13 heavy (non-hydrogen) atoms. The second-order valence-electron chi connectivity index (χ2n) is 3.71. The Labute approximate surface area is 80.3 Å². The van der Waals surface area contributed by atoms with E-state index in [4.69, 9.17) is 10.00 Å². The number of nitriles is 1. The molecule has 0 radical (unpaired) electrons. The molecule has 74 valence electrons. The fourth-order valence-corrected chi connectivity index (χ4v) is 1.51. The molecule has 0 saturated carbocycles. The third-order valence-corrected chi connectivity index (χ3v) is 2.68. The first-order valence-electron chi connectivity index (χ1n) is 4.95. The van der Waals surface area contributed by atoms with Gasteiger partial charge in [0.25, 0.3) is 0 Å². The van der Waals surface area contributed by atoms with Crippen LogP contribution < -0.4 is 0 Å². The van der Waals surface area contributed by atoms with Crippen LogP contribution in [0.2, 0.25) is 0 Å². The van der Waals surface area contributed by atoms with Crippen LogP contribution >= 0.6 is 0 Å². The molecule has 2 unspecified atom stereocenters. The zero-order valence-electron chi connectivity index (χ0n) is 8.49. The molecule has 1 fully saturated rings. The molecule has 0 aliphatic carbocycles. The van der Waals surface area contributed by atoms with Gasteiger partial charge in [0.2, 0.25) is 0 Å². The minimum atomic E-state index is 0.0152. The van der Waals surface area contributed by atoms with Crippen LogP contribution in [-0.2, 0) is 4.74 Å². The summed E-state index contributed by atoms with van der Waals surface area (Å²) in [5.41, 5.74) is 0. The van der Waals surface area contributed by atoms with Gasteiger partial charge in [-0.15, -0.1) is 0 Å². The molecular formula is C10H18N2O. The Hall–Kier alpha value is -0.590. The van der Waals surface area contributed by atoms with Crippen LogP contribution in [0.25, 0.3) is 0 Å². The zero-order valence-corrected chi connectivity index (χ0v) is 8.49. The summed E-state index contributed by atoms with van der Waals surface area (Å²) >= 11 is 0. The van der Waals surface area contributed by atoms with Crippen molar-refractivity contribution in [3.05, 3.63) is 0 Å². The van der Waals surface area contributed by atoms with E-state index in [2.05, 4.69) is 11.0 Å². The van der Waals surface area contributed by atoms with E-state index >= 15 is 0 Å². The van der Waals surface area contributed by atoms with Gasteiger partial charge in [-0.1, -0.05) is 0 Å². The average molecular weight is 182 g/mol. The molecule has 3 nitrogen and oxygen atoms in total. The van der Waals surface area contributed by atoms with Crippen LogP contribution in [-0.4, -0.2) is 37.2 Å². The molecule has 1 saturated heterocycles. The third kappa shape index (κ3) is 3.33. The molecule has 0 bridgehead atoms. The molecule has 3 heteroatoms. The van der Waals surface area contributed by atoms with E-state index < -0.39 is 0 Å². The van der Waals surface area contributed by atoms with Crippen molar-refractivity contribution in [2.24, 2.45) is 0 Å². The maximum atomic E-state index is 8.67. The van der Waals surface area contributed by atoms with Crippen molar-refractivity contribution in [3.8, 4) is 6.07 Å². The van der Waals surface area contributed by atoms with Crippen molar-refractivity contribution < 1.29 is 4.74 Å². The Morgan fingerprint density at radius 2 is 2.46 bits per heavy atom. The van der Waals surface area contributed by atoms with E-state index in [-0.39, 0.29) is 6.04 Å². The van der Waals surface area contributed by atoms with Crippen LogP contribution in [0.3, 0.4) is 0 Å². The van der Waals surface area contributed by atoms with Gasteiger partial charge in [-0.25, -0.2) is 0 Å². The second-order valence-corrected chi connectivity index (χ2v) is 3.71. The lowest BCUT2D eigenvalue weighted by Gasteiger charge is -2.20. The summed E-state index contributed by atoms with van der Waals surface area (Å²) in [6.07, 6.45) is 3.88. The summed E-state index contributed by atoms with van der Waals surface area (Å²) in [6, 6.07) is 2.24. The Balaban J connectivity index is 2.14. The first-order valence-corrected chi connectivity index (χ1v) is 4.95. The standard InChI is InChI=1S/C10H18N2O/c1-9(8-11)12(2)6-5-10-4-3-7-13-10/h9-10H,3-7H2,1-2H3. The molecule has 1 rings (SSSR count). The minimum Gasteiger partial charge on any atom is -0.378 e. The van der Waals surface area contributed by atoms with Crippen molar-refractivity contribution in [1.29, 1.82) is 5.26 Å². The number of hydrogen-bond acceptors (Lipinski definition) is 3. The van der Waals surface area contributed by atoms with Gasteiger partial charge in [0.05, 0.1) is 18.2 Å². The third-order valence-electron chi connectivity index (χ3n) is 2.68. The first-order chi connectivity index (χ1) is 6.24. The smallest absolute Gasteiger partial charge is 0.0946 e. The van der Waals surface area contributed by atoms with Gasteiger partial charge >= 0.3 is 0 Å². The van der Waals surface area contributed by atoms with Crippen molar-refractivity contribution in [1.82, 2.24) is 4.90 Å². The van der Waals surface area contributed by atoms with E-state index in [0.29, 0.717) is 6.10 Å². The Bertz CT molecular complexity index is 182. The van der Waals surface area contributed by atoms with Gasteiger partial charge in [0, 0.05) is 13.2 Å². The van der Waals surface area contributed by atoms with Crippen molar-refractivity contribution >= 4 is 0 Å². The van der Waals surface area contributed by atoms with E-state index in [9.17, 15) is 0 Å². The van der Waals surface area contributed by atoms with Gasteiger partial charge in [-0.3, -0.25) is 4.90 Å². The lowest BCUT2D eigenvalue weighted by molar-refractivity contribution is 0.0934. The van der Waals surface area contributed by atoms with Gasteiger partial charge in [0.1, 0.15) is 0 Å². The number of ether oxygens (including phenoxy) is 1. The molecule has 0 aromatic rings. The summed E-state index contributed by atoms with van der Waals surface area (Å²) in [5, 5.41) is 8.67. The highest BCUT2D eigenvalue weighted by Gasteiger charge is 2.16. The highest BCUT2D eigenvalue weighted by atomic mass is 16.5. The highest BCUT2D eigenvalue weighted by molar-refractivity contribution is 4.86. The van der Waals surface area contributed by atoms with E-state index in [0.717, 1.165) is 19.6 Å². The number of rotatable bonds is 4. The molecule has 1 heterocycles. The Kier molecular flexibility index (Phi) is 4.20. The molecular weight excluding hydrogens is 164 g/mol. The van der Waals surface area contributed by atoms with Gasteiger partial charge in [-0.05, 0) is 33.2 Å². The molecule has 0 aromatic carbocycles. The van der Waals surface area contributed by atoms with Crippen LogP contribution in [0.5, 0.6) is 0 Å². The van der Waals surface area contributed by atoms with Gasteiger partial charge < -0.3 is 4.74 Å². The quantitative estimate of drug-likeness (QED) is 0.659. The summed E-state index contributed by atoms with van der Waals surface area (Å²) < 4.78 is 5.51. The fraction of sp³-hybridized carbons (Fsp3) is 0.900. The normalized spacial score (nSPS) is 24.6. The van der Waals surface area contributed by atoms with Crippen LogP contribution in [0.15, 0.2) is 0 Å². The molecule has 0 spiro atoms. The topological polar surface area (TPSA) is 36.3 Å². The highest BCUT2D eigenvalue weighted by Crippen LogP contribution is 2.15. The van der Waals surface area contributed by atoms with Crippen LogP contribution in [0.4, 0.5) is 0 Å². The minimum absolute atomic E-state index is 0.0152. The maximum absolute atomic E-state index is 8.67. The average Bonchev–Trinajstić information content (AvgIpc) is 2.65. The van der Waals surface area contributed by atoms with E-state index in [1.165, 1.54) is 12.8 Å². The molecule has 1 aliphatic heterocycles. The van der Waals surface area contributed by atoms with Crippen molar-refractivity contribution in [3.63, 3.8) is 0 Å². The van der Waals surface area contributed by atoms with Crippen LogP contribution in [0.1, 0.15) is 26.2 Å². The SMILES string of the molecule is CC(C#N)N(C)CCC1CCCO1. The molecule has 0 aromatic heterocycles. The van der Waals surface area contributed by atoms with Crippen molar-refractivity contribution in [2.45, 2.75) is 38.3 Å². The lowest BCUT2D eigenvalue weighted by Crippen LogP contribution is -2.30. The molecule has 2 atom stereocenters. The molecule has 0 amide bonds. The fourth-order valence-electron chi connectivity index (χ4n) is 1.51. The summed E-state index contributed by atoms with van der Waals surface area (Å²) in [5.74, 6) is 0. The molecule has 1 aliphatic rings. The van der Waals surface area contributed by atoms with Crippen molar-refractivity contribution in [2.75, 3.05) is 20.2 Å². The summed E-state index contributed by atoms with van der Waals surface area (Å²) in [7, 11) is 1.99.